The molecule has 1 saturated heterocycles. The van der Waals surface area contributed by atoms with Gasteiger partial charge in [-0.1, -0.05) is 23.8 Å². The summed E-state index contributed by atoms with van der Waals surface area (Å²) in [6, 6.07) is 13.7. The van der Waals surface area contributed by atoms with Gasteiger partial charge in [0.2, 0.25) is 0 Å². The van der Waals surface area contributed by atoms with E-state index in [4.69, 9.17) is 0 Å². The van der Waals surface area contributed by atoms with Crippen LogP contribution in [-0.2, 0) is 10.0 Å². The molecule has 0 saturated carbocycles. The number of carbonyl (C=O) groups is 1. The molecule has 0 radical (unpaired) electrons. The molecule has 6 nitrogen and oxygen atoms in total. The number of aryl methyl sites for hydroxylation is 1. The number of nitrogens with one attached hydrogen (secondary N) is 3. The van der Waals surface area contributed by atoms with E-state index in [1.807, 2.05) is 19.1 Å². The van der Waals surface area contributed by atoms with Crippen molar-refractivity contribution < 1.29 is 13.2 Å². The second-order valence-electron chi connectivity index (χ2n) is 7.05. The maximum Gasteiger partial charge on any atom is 0.261 e. The molecular weight excluding hydrogens is 362 g/mol. The molecule has 1 amide bonds. The van der Waals surface area contributed by atoms with Crippen molar-refractivity contribution in [1.29, 1.82) is 0 Å². The van der Waals surface area contributed by atoms with E-state index in [-0.39, 0.29) is 16.8 Å². The monoisotopic (exact) mass is 387 g/mol. The van der Waals surface area contributed by atoms with Gasteiger partial charge in [-0.15, -0.1) is 0 Å². The number of benzene rings is 2. The van der Waals surface area contributed by atoms with Crippen LogP contribution in [0.15, 0.2) is 53.4 Å². The van der Waals surface area contributed by atoms with Gasteiger partial charge in [0.25, 0.3) is 15.9 Å². The number of rotatable bonds is 5. The topological polar surface area (TPSA) is 87.3 Å². The molecule has 2 unspecified atom stereocenters. The van der Waals surface area contributed by atoms with Crippen molar-refractivity contribution in [3.8, 4) is 0 Å². The largest absolute Gasteiger partial charge is 0.349 e. The van der Waals surface area contributed by atoms with E-state index in [0.29, 0.717) is 17.3 Å². The number of amides is 1. The Bertz CT molecular complexity index is 910. The van der Waals surface area contributed by atoms with Gasteiger partial charge in [0, 0.05) is 23.3 Å². The van der Waals surface area contributed by atoms with E-state index >= 15 is 0 Å². The van der Waals surface area contributed by atoms with Crippen molar-refractivity contribution in [3.05, 3.63) is 59.7 Å². The molecule has 2 atom stereocenters. The van der Waals surface area contributed by atoms with Crippen LogP contribution in [0.3, 0.4) is 0 Å². The number of piperidine rings is 1. The van der Waals surface area contributed by atoms with Crippen LogP contribution in [0.4, 0.5) is 5.69 Å². The van der Waals surface area contributed by atoms with Gasteiger partial charge in [0.15, 0.2) is 0 Å². The molecule has 7 heteroatoms. The van der Waals surface area contributed by atoms with Gasteiger partial charge in [0.1, 0.15) is 0 Å². The van der Waals surface area contributed by atoms with Gasteiger partial charge in [-0.3, -0.25) is 9.52 Å². The number of anilines is 1. The SMILES string of the molecule is Cc1ccc(NS(=O)(=O)c2cccc(C(=O)NC3CCNC(C)C3)c2)cc1. The van der Waals surface area contributed by atoms with Gasteiger partial charge in [-0.25, -0.2) is 8.42 Å². The highest BCUT2D eigenvalue weighted by molar-refractivity contribution is 7.92. The molecule has 0 aliphatic carbocycles. The molecule has 1 aliphatic rings. The third-order valence-electron chi connectivity index (χ3n) is 4.67. The molecule has 3 rings (SSSR count). The predicted octanol–water partition coefficient (Wildman–Crippen LogP) is 2.67. The standard InChI is InChI=1S/C20H25N3O3S/c1-14-6-8-17(9-7-14)23-27(25,26)19-5-3-4-16(13-19)20(24)22-18-10-11-21-15(2)12-18/h3-9,13,15,18,21,23H,10-12H2,1-2H3,(H,22,24). The van der Waals surface area contributed by atoms with Crippen molar-refractivity contribution in [2.45, 2.75) is 43.7 Å². The van der Waals surface area contributed by atoms with Crippen LogP contribution < -0.4 is 15.4 Å². The van der Waals surface area contributed by atoms with Crippen LogP contribution in [0.2, 0.25) is 0 Å². The van der Waals surface area contributed by atoms with E-state index in [9.17, 15) is 13.2 Å². The number of hydrogen-bond donors (Lipinski definition) is 3. The van der Waals surface area contributed by atoms with Crippen LogP contribution in [0.5, 0.6) is 0 Å². The first-order valence-electron chi connectivity index (χ1n) is 9.07. The highest BCUT2D eigenvalue weighted by Gasteiger charge is 2.22. The third-order valence-corrected chi connectivity index (χ3v) is 6.05. The minimum absolute atomic E-state index is 0.0643. The third kappa shape index (κ3) is 5.08. The van der Waals surface area contributed by atoms with Crippen LogP contribution in [-0.4, -0.2) is 33.0 Å². The molecule has 2 aromatic rings. The lowest BCUT2D eigenvalue weighted by Gasteiger charge is -2.28. The Hall–Kier alpha value is -2.38. The molecule has 27 heavy (non-hydrogen) atoms. The van der Waals surface area contributed by atoms with Gasteiger partial charge in [-0.05, 0) is 63.6 Å². The zero-order valence-corrected chi connectivity index (χ0v) is 16.3. The van der Waals surface area contributed by atoms with E-state index in [1.165, 1.54) is 12.1 Å². The number of sulfonamides is 1. The van der Waals surface area contributed by atoms with Gasteiger partial charge in [0.05, 0.1) is 4.90 Å². The van der Waals surface area contributed by atoms with Gasteiger partial charge >= 0.3 is 0 Å². The Morgan fingerprint density at radius 3 is 2.59 bits per heavy atom. The Kier molecular flexibility index (Phi) is 5.82. The van der Waals surface area contributed by atoms with Gasteiger partial charge < -0.3 is 10.6 Å². The van der Waals surface area contributed by atoms with Crippen LogP contribution in [0, 0.1) is 6.92 Å². The molecule has 144 valence electrons. The Morgan fingerprint density at radius 1 is 1.15 bits per heavy atom. The molecule has 0 spiro atoms. The minimum atomic E-state index is -3.76. The first-order valence-corrected chi connectivity index (χ1v) is 10.6. The molecular formula is C20H25N3O3S. The van der Waals surface area contributed by atoms with Crippen molar-refractivity contribution in [1.82, 2.24) is 10.6 Å². The first-order chi connectivity index (χ1) is 12.8. The fourth-order valence-corrected chi connectivity index (χ4v) is 4.28. The van der Waals surface area contributed by atoms with Gasteiger partial charge in [-0.2, -0.15) is 0 Å². The zero-order valence-electron chi connectivity index (χ0n) is 15.5. The van der Waals surface area contributed by atoms with E-state index in [0.717, 1.165) is 24.9 Å². The fourth-order valence-electron chi connectivity index (χ4n) is 3.17. The van der Waals surface area contributed by atoms with Crippen LogP contribution >= 0.6 is 0 Å². The molecule has 1 aliphatic heterocycles. The molecule has 3 N–H and O–H groups in total. The average Bonchev–Trinajstić information content (AvgIpc) is 2.63. The molecule has 1 heterocycles. The summed E-state index contributed by atoms with van der Waals surface area (Å²) in [5, 5.41) is 6.35. The van der Waals surface area contributed by atoms with Crippen molar-refractivity contribution in [2.75, 3.05) is 11.3 Å². The summed E-state index contributed by atoms with van der Waals surface area (Å²) in [6.07, 6.45) is 1.72. The highest BCUT2D eigenvalue weighted by Crippen LogP contribution is 2.18. The quantitative estimate of drug-likeness (QED) is 0.736. The van der Waals surface area contributed by atoms with E-state index in [2.05, 4.69) is 22.3 Å². The molecule has 0 bridgehead atoms. The second kappa shape index (κ2) is 8.10. The van der Waals surface area contributed by atoms with E-state index in [1.54, 1.807) is 24.3 Å². The molecule has 1 fully saturated rings. The predicted molar refractivity (Wildman–Crippen MR) is 106 cm³/mol. The Balaban J connectivity index is 1.73. The summed E-state index contributed by atoms with van der Waals surface area (Å²) in [5.74, 6) is -0.249. The number of carbonyl (C=O) groups excluding carboxylic acids is 1. The zero-order chi connectivity index (χ0) is 19.4. The normalized spacial score (nSPS) is 20.1. The Labute approximate surface area is 160 Å². The van der Waals surface area contributed by atoms with Crippen LogP contribution in [0.25, 0.3) is 0 Å². The summed E-state index contributed by atoms with van der Waals surface area (Å²) in [4.78, 5) is 12.6. The average molecular weight is 388 g/mol. The smallest absolute Gasteiger partial charge is 0.261 e. The fraction of sp³-hybridized carbons (Fsp3) is 0.350. The summed E-state index contributed by atoms with van der Waals surface area (Å²) >= 11 is 0. The van der Waals surface area contributed by atoms with Crippen molar-refractivity contribution in [2.24, 2.45) is 0 Å². The first kappa shape index (κ1) is 19.4. The summed E-state index contributed by atoms with van der Waals surface area (Å²) in [7, 11) is -3.76. The highest BCUT2D eigenvalue weighted by atomic mass is 32.2. The molecule has 2 aromatic carbocycles. The van der Waals surface area contributed by atoms with Crippen LogP contribution in [0.1, 0.15) is 35.7 Å². The lowest BCUT2D eigenvalue weighted by molar-refractivity contribution is 0.0925. The maximum absolute atomic E-state index is 12.6. The molecule has 0 aromatic heterocycles. The minimum Gasteiger partial charge on any atom is -0.349 e. The Morgan fingerprint density at radius 2 is 1.89 bits per heavy atom. The number of hydrogen-bond acceptors (Lipinski definition) is 4. The lowest BCUT2D eigenvalue weighted by Crippen LogP contribution is -2.46. The summed E-state index contributed by atoms with van der Waals surface area (Å²) < 4.78 is 27.8. The van der Waals surface area contributed by atoms with E-state index < -0.39 is 10.0 Å². The van der Waals surface area contributed by atoms with Crippen molar-refractivity contribution in [3.63, 3.8) is 0 Å². The van der Waals surface area contributed by atoms with Crippen molar-refractivity contribution >= 4 is 21.6 Å². The second-order valence-corrected chi connectivity index (χ2v) is 8.73. The summed E-state index contributed by atoms with van der Waals surface area (Å²) in [5.41, 5.74) is 1.87. The maximum atomic E-state index is 12.6. The summed E-state index contributed by atoms with van der Waals surface area (Å²) in [6.45, 7) is 4.88. The lowest BCUT2D eigenvalue weighted by atomic mass is 10.0.